The third kappa shape index (κ3) is 2.93. The molecule has 0 saturated heterocycles. The van der Waals surface area contributed by atoms with Crippen molar-refractivity contribution in [1.29, 1.82) is 0 Å². The topological polar surface area (TPSA) is 84.2 Å². The Labute approximate surface area is 112 Å². The van der Waals surface area contributed by atoms with E-state index in [2.05, 4.69) is 10.6 Å². The number of nitrogens with one attached hydrogen (secondary N) is 2. The monoisotopic (exact) mass is 261 g/mol. The number of carbonyl (C=O) groups is 2. The van der Waals surface area contributed by atoms with E-state index in [0.717, 1.165) is 24.8 Å². The van der Waals surface area contributed by atoms with Gasteiger partial charge in [0.05, 0.1) is 5.54 Å². The van der Waals surface area contributed by atoms with Gasteiger partial charge in [0, 0.05) is 18.3 Å². The van der Waals surface area contributed by atoms with Crippen molar-refractivity contribution >= 4 is 23.2 Å². The Morgan fingerprint density at radius 3 is 2.47 bits per heavy atom. The van der Waals surface area contributed by atoms with Crippen molar-refractivity contribution in [3.05, 3.63) is 23.8 Å². The first-order chi connectivity index (χ1) is 8.90. The minimum atomic E-state index is -0.726. The second kappa shape index (κ2) is 5.01. The molecule has 0 aliphatic heterocycles. The molecule has 1 saturated carbocycles. The maximum absolute atomic E-state index is 12.1. The fraction of sp³-hybridized carbons (Fsp3) is 0.429. The molecule has 5 heteroatoms. The first kappa shape index (κ1) is 13.5. The lowest BCUT2D eigenvalue weighted by Gasteiger charge is -2.36. The Bertz CT molecular complexity index is 521. The highest BCUT2D eigenvalue weighted by molar-refractivity contribution is 6.00. The Balaban J connectivity index is 2.14. The molecule has 1 aromatic rings. The van der Waals surface area contributed by atoms with Crippen LogP contribution in [0.2, 0.25) is 0 Å². The number of hydrogen-bond acceptors (Lipinski definition) is 3. The molecule has 0 aromatic heterocycles. The minimum Gasteiger partial charge on any atom is -0.326 e. The molecule has 1 fully saturated rings. The molecule has 0 radical (unpaired) electrons. The van der Waals surface area contributed by atoms with Gasteiger partial charge >= 0.3 is 0 Å². The van der Waals surface area contributed by atoms with E-state index in [1.807, 2.05) is 13.0 Å². The molecule has 102 valence electrons. The highest BCUT2D eigenvalue weighted by Crippen LogP contribution is 2.31. The van der Waals surface area contributed by atoms with Crippen LogP contribution in [0, 0.1) is 6.92 Å². The van der Waals surface area contributed by atoms with Crippen molar-refractivity contribution in [2.75, 3.05) is 10.6 Å². The predicted molar refractivity (Wildman–Crippen MR) is 74.9 cm³/mol. The van der Waals surface area contributed by atoms with E-state index in [1.54, 1.807) is 12.1 Å². The number of rotatable bonds is 3. The van der Waals surface area contributed by atoms with Gasteiger partial charge in [-0.3, -0.25) is 9.59 Å². The Morgan fingerprint density at radius 1 is 1.26 bits per heavy atom. The van der Waals surface area contributed by atoms with Crippen LogP contribution in [0.4, 0.5) is 11.4 Å². The SMILES string of the molecule is CC(=O)Nc1ccc(C)c(NC(=O)C2(N)CCC2)c1. The summed E-state index contributed by atoms with van der Waals surface area (Å²) in [6.45, 7) is 3.35. The molecular weight excluding hydrogens is 242 g/mol. The quantitative estimate of drug-likeness (QED) is 0.775. The van der Waals surface area contributed by atoms with Crippen LogP contribution in [0.15, 0.2) is 18.2 Å². The number of aryl methyl sites for hydroxylation is 1. The molecule has 0 atom stereocenters. The maximum Gasteiger partial charge on any atom is 0.244 e. The molecule has 5 nitrogen and oxygen atoms in total. The van der Waals surface area contributed by atoms with Crippen molar-refractivity contribution in [2.24, 2.45) is 5.73 Å². The summed E-state index contributed by atoms with van der Waals surface area (Å²) in [4.78, 5) is 23.1. The molecule has 0 heterocycles. The van der Waals surface area contributed by atoms with Crippen LogP contribution in [-0.4, -0.2) is 17.4 Å². The lowest BCUT2D eigenvalue weighted by Crippen LogP contribution is -2.56. The van der Waals surface area contributed by atoms with Crippen LogP contribution < -0.4 is 16.4 Å². The normalized spacial score (nSPS) is 16.4. The van der Waals surface area contributed by atoms with E-state index in [-0.39, 0.29) is 11.8 Å². The van der Waals surface area contributed by atoms with Crippen LogP contribution in [0.5, 0.6) is 0 Å². The maximum atomic E-state index is 12.1. The average molecular weight is 261 g/mol. The largest absolute Gasteiger partial charge is 0.326 e. The van der Waals surface area contributed by atoms with Gasteiger partial charge in [-0.05, 0) is 43.9 Å². The van der Waals surface area contributed by atoms with E-state index in [4.69, 9.17) is 5.73 Å². The summed E-state index contributed by atoms with van der Waals surface area (Å²) in [7, 11) is 0. The molecule has 2 amide bonds. The second-order valence-corrected chi connectivity index (χ2v) is 5.17. The summed E-state index contributed by atoms with van der Waals surface area (Å²) in [5.41, 5.74) is 7.54. The number of carbonyl (C=O) groups excluding carboxylic acids is 2. The number of nitrogens with two attached hydrogens (primary N) is 1. The van der Waals surface area contributed by atoms with E-state index in [0.29, 0.717) is 11.4 Å². The number of benzene rings is 1. The van der Waals surface area contributed by atoms with Gasteiger partial charge in [0.25, 0.3) is 0 Å². The fourth-order valence-electron chi connectivity index (χ4n) is 2.07. The summed E-state index contributed by atoms with van der Waals surface area (Å²) in [5, 5.41) is 5.54. The van der Waals surface area contributed by atoms with Gasteiger partial charge in [-0.2, -0.15) is 0 Å². The zero-order valence-electron chi connectivity index (χ0n) is 11.2. The highest BCUT2D eigenvalue weighted by atomic mass is 16.2. The zero-order valence-corrected chi connectivity index (χ0v) is 11.2. The number of hydrogen-bond donors (Lipinski definition) is 3. The molecule has 0 unspecified atom stereocenters. The Hall–Kier alpha value is -1.88. The van der Waals surface area contributed by atoms with E-state index in [9.17, 15) is 9.59 Å². The van der Waals surface area contributed by atoms with E-state index in [1.165, 1.54) is 6.92 Å². The highest BCUT2D eigenvalue weighted by Gasteiger charge is 2.40. The Kier molecular flexibility index (Phi) is 3.57. The van der Waals surface area contributed by atoms with Gasteiger partial charge in [0.15, 0.2) is 0 Å². The van der Waals surface area contributed by atoms with Crippen LogP contribution in [0.25, 0.3) is 0 Å². The van der Waals surface area contributed by atoms with E-state index < -0.39 is 5.54 Å². The lowest BCUT2D eigenvalue weighted by atomic mass is 9.77. The van der Waals surface area contributed by atoms with Gasteiger partial charge in [-0.25, -0.2) is 0 Å². The summed E-state index contributed by atoms with van der Waals surface area (Å²) in [6, 6.07) is 5.40. The molecule has 0 bridgehead atoms. The van der Waals surface area contributed by atoms with Crippen molar-refractivity contribution < 1.29 is 9.59 Å². The second-order valence-electron chi connectivity index (χ2n) is 5.17. The van der Waals surface area contributed by atoms with Crippen LogP contribution in [0.3, 0.4) is 0 Å². The Morgan fingerprint density at radius 2 is 1.95 bits per heavy atom. The molecule has 2 rings (SSSR count). The zero-order chi connectivity index (χ0) is 14.0. The fourth-order valence-corrected chi connectivity index (χ4v) is 2.07. The van der Waals surface area contributed by atoms with Gasteiger partial charge in [-0.1, -0.05) is 6.07 Å². The molecule has 1 aromatic carbocycles. The summed E-state index contributed by atoms with van der Waals surface area (Å²) >= 11 is 0. The summed E-state index contributed by atoms with van der Waals surface area (Å²) in [5.74, 6) is -0.294. The van der Waals surface area contributed by atoms with Crippen molar-refractivity contribution in [1.82, 2.24) is 0 Å². The third-order valence-corrected chi connectivity index (χ3v) is 3.50. The first-order valence-electron chi connectivity index (χ1n) is 6.39. The van der Waals surface area contributed by atoms with Crippen molar-refractivity contribution in [3.63, 3.8) is 0 Å². The first-order valence-corrected chi connectivity index (χ1v) is 6.39. The van der Waals surface area contributed by atoms with Crippen LogP contribution in [0.1, 0.15) is 31.7 Å². The molecule has 19 heavy (non-hydrogen) atoms. The predicted octanol–water partition coefficient (Wildman–Crippen LogP) is 1.77. The van der Waals surface area contributed by atoms with Crippen LogP contribution in [-0.2, 0) is 9.59 Å². The number of amides is 2. The summed E-state index contributed by atoms with van der Waals surface area (Å²) in [6.07, 6.45) is 2.45. The average Bonchev–Trinajstić information content (AvgIpc) is 2.29. The molecule has 4 N–H and O–H groups in total. The van der Waals surface area contributed by atoms with Crippen molar-refractivity contribution in [3.8, 4) is 0 Å². The van der Waals surface area contributed by atoms with Gasteiger partial charge in [0.2, 0.25) is 11.8 Å². The van der Waals surface area contributed by atoms with Gasteiger partial charge in [-0.15, -0.1) is 0 Å². The lowest BCUT2D eigenvalue weighted by molar-refractivity contribution is -0.123. The van der Waals surface area contributed by atoms with Gasteiger partial charge < -0.3 is 16.4 Å². The van der Waals surface area contributed by atoms with E-state index >= 15 is 0 Å². The van der Waals surface area contributed by atoms with Crippen molar-refractivity contribution in [2.45, 2.75) is 38.6 Å². The molecule has 0 spiro atoms. The molecular formula is C14H19N3O2. The third-order valence-electron chi connectivity index (χ3n) is 3.50. The summed E-state index contributed by atoms with van der Waals surface area (Å²) < 4.78 is 0. The smallest absolute Gasteiger partial charge is 0.244 e. The molecule has 1 aliphatic rings. The van der Waals surface area contributed by atoms with Gasteiger partial charge in [0.1, 0.15) is 0 Å². The number of anilines is 2. The standard InChI is InChI=1S/C14H19N3O2/c1-9-4-5-11(16-10(2)18)8-12(9)17-13(19)14(15)6-3-7-14/h4-5,8H,3,6-7,15H2,1-2H3,(H,16,18)(H,17,19). The van der Waals surface area contributed by atoms with Crippen LogP contribution >= 0.6 is 0 Å². The molecule has 1 aliphatic carbocycles. The minimum absolute atomic E-state index is 0.143.